The van der Waals surface area contributed by atoms with E-state index in [0.717, 1.165) is 60.7 Å². The maximum Gasteiger partial charge on any atom is 0.227 e. The molecule has 3 aromatic heterocycles. The maximum atomic E-state index is 6.91. The summed E-state index contributed by atoms with van der Waals surface area (Å²) in [5.41, 5.74) is 13.0. The van der Waals surface area contributed by atoms with E-state index in [1.807, 2.05) is 60.7 Å². The summed E-state index contributed by atoms with van der Waals surface area (Å²) >= 11 is 0. The summed E-state index contributed by atoms with van der Waals surface area (Å²) in [7, 11) is 0. The Morgan fingerprint density at radius 1 is 0.475 bits per heavy atom. The van der Waals surface area contributed by atoms with Crippen molar-refractivity contribution in [3.05, 3.63) is 187 Å². The molecule has 1 aliphatic carbocycles. The van der Waals surface area contributed by atoms with Gasteiger partial charge in [-0.05, 0) is 70.1 Å². The van der Waals surface area contributed by atoms with Crippen molar-refractivity contribution in [1.29, 1.82) is 0 Å². The fraction of sp³-hybridized carbons (Fsp3) is 0.0566. The van der Waals surface area contributed by atoms with Crippen LogP contribution < -0.4 is 0 Å². The SMILES string of the molecule is CC1(C)c2ccccc2-c2c1ccc1cc(-c3nc(-c4ccccc4)nc(-c4ccc5c6ccccc6n(-c6ccccc6)c5c4)n3)c3nc(-c4ccccc4)oc3c21. The number of para-hydroxylation sites is 2. The van der Waals surface area contributed by atoms with Crippen molar-refractivity contribution in [3.8, 4) is 62.4 Å². The van der Waals surface area contributed by atoms with Crippen molar-refractivity contribution in [2.45, 2.75) is 19.3 Å². The fourth-order valence-corrected chi connectivity index (χ4v) is 9.25. The second-order valence-electron chi connectivity index (χ2n) is 15.8. The number of rotatable bonds is 5. The number of hydrogen-bond donors (Lipinski definition) is 0. The first-order valence-corrected chi connectivity index (χ1v) is 20.0. The van der Waals surface area contributed by atoms with Crippen molar-refractivity contribution < 1.29 is 4.42 Å². The van der Waals surface area contributed by atoms with E-state index in [2.05, 4.69) is 134 Å². The molecule has 0 saturated heterocycles. The minimum atomic E-state index is -0.172. The quantitative estimate of drug-likeness (QED) is 0.175. The van der Waals surface area contributed by atoms with Crippen LogP contribution in [0.2, 0.25) is 0 Å². The van der Waals surface area contributed by atoms with Gasteiger partial charge in [0.2, 0.25) is 5.89 Å². The average Bonchev–Trinajstić information content (AvgIpc) is 3.96. The number of oxazole rings is 1. The molecule has 0 N–H and O–H groups in total. The molecule has 0 unspecified atom stereocenters. The van der Waals surface area contributed by atoms with Crippen LogP contribution in [0.5, 0.6) is 0 Å². The van der Waals surface area contributed by atoms with Crippen LogP contribution in [0, 0.1) is 0 Å². The van der Waals surface area contributed by atoms with Gasteiger partial charge >= 0.3 is 0 Å². The van der Waals surface area contributed by atoms with Crippen LogP contribution in [0.15, 0.2) is 180 Å². The van der Waals surface area contributed by atoms with Crippen LogP contribution in [0.4, 0.5) is 0 Å². The zero-order valence-corrected chi connectivity index (χ0v) is 32.4. The monoisotopic (exact) mass is 757 g/mol. The van der Waals surface area contributed by atoms with E-state index in [9.17, 15) is 0 Å². The molecule has 12 rings (SSSR count). The molecule has 0 atom stereocenters. The summed E-state index contributed by atoms with van der Waals surface area (Å²) in [5.74, 6) is 2.23. The van der Waals surface area contributed by atoms with Gasteiger partial charge in [-0.1, -0.05) is 147 Å². The van der Waals surface area contributed by atoms with Gasteiger partial charge in [-0.2, -0.15) is 0 Å². The third kappa shape index (κ3) is 5.06. The molecule has 3 heterocycles. The standard InChI is InChI=1S/C53H35N5O/c1-53(2)41-24-14-12-23-39(41)46-42(53)29-27-34-30-40(47-48(45(34)46)59-52(54-47)33-18-8-4-9-19-33)51-56-49(32-16-6-3-7-17-32)55-50(57-51)35-26-28-38-37-22-13-15-25-43(37)58(44(38)31-35)36-20-10-5-11-21-36/h3-31H,1-2H3. The topological polar surface area (TPSA) is 69.6 Å². The molecule has 0 saturated carbocycles. The van der Waals surface area contributed by atoms with E-state index in [1.54, 1.807) is 0 Å². The largest absolute Gasteiger partial charge is 0.435 e. The van der Waals surface area contributed by atoms with Crippen LogP contribution >= 0.6 is 0 Å². The highest BCUT2D eigenvalue weighted by molar-refractivity contribution is 6.17. The molecule has 59 heavy (non-hydrogen) atoms. The van der Waals surface area contributed by atoms with Crippen molar-refractivity contribution >= 4 is 43.7 Å². The first-order chi connectivity index (χ1) is 29.0. The zero-order chi connectivity index (χ0) is 39.2. The Balaban J connectivity index is 1.14. The predicted octanol–water partition coefficient (Wildman–Crippen LogP) is 13.2. The van der Waals surface area contributed by atoms with Gasteiger partial charge in [0, 0.05) is 49.5 Å². The fourth-order valence-electron chi connectivity index (χ4n) is 9.25. The van der Waals surface area contributed by atoms with E-state index in [1.165, 1.54) is 27.6 Å². The van der Waals surface area contributed by atoms with Gasteiger partial charge in [0.05, 0.1) is 11.0 Å². The molecule has 0 spiro atoms. The highest BCUT2D eigenvalue weighted by Crippen LogP contribution is 2.53. The average molecular weight is 758 g/mol. The molecule has 11 aromatic rings. The molecule has 6 nitrogen and oxygen atoms in total. The molecule has 0 bridgehead atoms. The van der Waals surface area contributed by atoms with Crippen LogP contribution in [-0.2, 0) is 5.41 Å². The molecule has 0 fully saturated rings. The van der Waals surface area contributed by atoms with Crippen molar-refractivity contribution in [2.24, 2.45) is 0 Å². The molecule has 0 amide bonds. The summed E-state index contributed by atoms with van der Waals surface area (Å²) in [6.45, 7) is 4.61. The number of aromatic nitrogens is 5. The Morgan fingerprint density at radius 2 is 1.12 bits per heavy atom. The smallest absolute Gasteiger partial charge is 0.227 e. The molecule has 1 aliphatic rings. The molecular formula is C53H35N5O. The van der Waals surface area contributed by atoms with E-state index in [4.69, 9.17) is 24.4 Å². The zero-order valence-electron chi connectivity index (χ0n) is 32.4. The number of hydrogen-bond acceptors (Lipinski definition) is 5. The van der Waals surface area contributed by atoms with Gasteiger partial charge in [-0.25, -0.2) is 19.9 Å². The van der Waals surface area contributed by atoms with Crippen LogP contribution in [0.3, 0.4) is 0 Å². The third-order valence-electron chi connectivity index (χ3n) is 12.1. The number of fused-ring (bicyclic) bond motifs is 10. The molecule has 8 aromatic carbocycles. The van der Waals surface area contributed by atoms with Gasteiger partial charge in [0.25, 0.3) is 0 Å². The van der Waals surface area contributed by atoms with Gasteiger partial charge in [-0.15, -0.1) is 0 Å². The lowest BCUT2D eigenvalue weighted by atomic mass is 9.82. The maximum absolute atomic E-state index is 6.91. The summed E-state index contributed by atoms with van der Waals surface area (Å²) in [6.07, 6.45) is 0. The minimum Gasteiger partial charge on any atom is -0.435 e. The molecule has 0 aliphatic heterocycles. The second-order valence-corrected chi connectivity index (χ2v) is 15.8. The van der Waals surface area contributed by atoms with Crippen LogP contribution in [0.1, 0.15) is 25.0 Å². The Kier molecular flexibility index (Phi) is 7.17. The second kappa shape index (κ2) is 12.7. The number of nitrogens with zero attached hydrogens (tertiary/aromatic N) is 5. The highest BCUT2D eigenvalue weighted by Gasteiger charge is 2.37. The Bertz CT molecular complexity index is 3460. The summed E-state index contributed by atoms with van der Waals surface area (Å²) < 4.78 is 9.23. The van der Waals surface area contributed by atoms with Gasteiger partial charge < -0.3 is 8.98 Å². The first-order valence-electron chi connectivity index (χ1n) is 20.0. The summed E-state index contributed by atoms with van der Waals surface area (Å²) in [6, 6.07) is 61.2. The van der Waals surface area contributed by atoms with E-state index in [-0.39, 0.29) is 5.41 Å². The van der Waals surface area contributed by atoms with Crippen molar-refractivity contribution in [3.63, 3.8) is 0 Å². The lowest BCUT2D eigenvalue weighted by molar-refractivity contribution is 0.623. The van der Waals surface area contributed by atoms with Gasteiger partial charge in [0.15, 0.2) is 23.1 Å². The van der Waals surface area contributed by atoms with E-state index in [0.29, 0.717) is 28.9 Å². The number of benzene rings is 8. The van der Waals surface area contributed by atoms with E-state index >= 15 is 0 Å². The van der Waals surface area contributed by atoms with Crippen molar-refractivity contribution in [2.75, 3.05) is 0 Å². The third-order valence-corrected chi connectivity index (χ3v) is 12.1. The summed E-state index contributed by atoms with van der Waals surface area (Å²) in [5, 5.41) is 4.43. The van der Waals surface area contributed by atoms with Gasteiger partial charge in [-0.3, -0.25) is 0 Å². The van der Waals surface area contributed by atoms with Crippen LogP contribution in [0.25, 0.3) is 106 Å². The molecule has 278 valence electrons. The highest BCUT2D eigenvalue weighted by atomic mass is 16.3. The minimum absolute atomic E-state index is 0.172. The molecular weight excluding hydrogens is 723 g/mol. The molecule has 6 heteroatoms. The first kappa shape index (κ1) is 33.4. The predicted molar refractivity (Wildman–Crippen MR) is 239 cm³/mol. The normalized spacial score (nSPS) is 13.1. The van der Waals surface area contributed by atoms with Crippen molar-refractivity contribution in [1.82, 2.24) is 24.5 Å². The Morgan fingerprint density at radius 3 is 1.92 bits per heavy atom. The van der Waals surface area contributed by atoms with Crippen LogP contribution in [-0.4, -0.2) is 24.5 Å². The lowest BCUT2D eigenvalue weighted by Crippen LogP contribution is -2.14. The lowest BCUT2D eigenvalue weighted by Gasteiger charge is -2.21. The van der Waals surface area contributed by atoms with E-state index < -0.39 is 0 Å². The summed E-state index contributed by atoms with van der Waals surface area (Å²) in [4.78, 5) is 21.0. The molecule has 0 radical (unpaired) electrons. The van der Waals surface area contributed by atoms with Gasteiger partial charge in [0.1, 0.15) is 5.52 Å². The Labute approximate surface area is 340 Å². The Hall–Kier alpha value is -7.70.